The highest BCUT2D eigenvalue weighted by atomic mass is 35.5. The van der Waals surface area contributed by atoms with Gasteiger partial charge in [0.25, 0.3) is 0 Å². The van der Waals surface area contributed by atoms with Gasteiger partial charge >= 0.3 is 0 Å². The first kappa shape index (κ1) is 19.3. The number of benzene rings is 3. The Bertz CT molecular complexity index is 1130. The Morgan fingerprint density at radius 3 is 2.38 bits per heavy atom. The highest BCUT2D eigenvalue weighted by Crippen LogP contribution is 2.23. The van der Waals surface area contributed by atoms with E-state index in [2.05, 4.69) is 41.1 Å². The minimum atomic E-state index is -0.206. The van der Waals surface area contributed by atoms with Crippen LogP contribution < -0.4 is 5.32 Å². The lowest BCUT2D eigenvalue weighted by atomic mass is 10.0. The zero-order valence-corrected chi connectivity index (χ0v) is 16.8. The summed E-state index contributed by atoms with van der Waals surface area (Å²) in [6.45, 7) is 4.95. The van der Waals surface area contributed by atoms with E-state index < -0.39 is 0 Å². The van der Waals surface area contributed by atoms with Crippen LogP contribution in [0.4, 0.5) is 4.39 Å². The monoisotopic (exact) mass is 404 g/mol. The highest BCUT2D eigenvalue weighted by molar-refractivity contribution is 6.31. The van der Waals surface area contributed by atoms with E-state index in [1.165, 1.54) is 23.3 Å². The molecule has 0 atom stereocenters. The summed E-state index contributed by atoms with van der Waals surface area (Å²) >= 11 is 6.12. The number of hydrogen-bond donors (Lipinski definition) is 2. The third-order valence-corrected chi connectivity index (χ3v) is 5.32. The quantitative estimate of drug-likeness (QED) is 0.369. The molecule has 1 heterocycles. The first-order chi connectivity index (χ1) is 14.1. The van der Waals surface area contributed by atoms with Crippen molar-refractivity contribution in [2.75, 3.05) is 6.54 Å². The first-order valence-corrected chi connectivity index (χ1v) is 9.98. The summed E-state index contributed by atoms with van der Waals surface area (Å²) in [5.74, 6) is -0.206. The first-order valence-electron chi connectivity index (χ1n) is 9.60. The molecule has 0 amide bonds. The van der Waals surface area contributed by atoms with Gasteiger partial charge in [-0.3, -0.25) is 0 Å². The van der Waals surface area contributed by atoms with Crippen LogP contribution in [0.15, 0.2) is 79.5 Å². The average Bonchev–Trinajstić information content (AvgIpc) is 3.12. The van der Waals surface area contributed by atoms with Crippen LogP contribution in [0.5, 0.6) is 0 Å². The molecule has 0 saturated heterocycles. The average molecular weight is 405 g/mol. The maximum absolute atomic E-state index is 13.0. The topological polar surface area (TPSA) is 27.8 Å². The van der Waals surface area contributed by atoms with E-state index in [4.69, 9.17) is 11.6 Å². The molecule has 0 fully saturated rings. The molecular formula is C25H22ClFN2. The zero-order valence-electron chi connectivity index (χ0n) is 16.0. The molecule has 0 aliphatic rings. The van der Waals surface area contributed by atoms with Gasteiger partial charge in [0.2, 0.25) is 0 Å². The smallest absolute Gasteiger partial charge is 0.123 e. The van der Waals surface area contributed by atoms with Crippen molar-refractivity contribution >= 4 is 28.2 Å². The van der Waals surface area contributed by atoms with Gasteiger partial charge in [-0.05, 0) is 65.4 Å². The largest absolute Gasteiger partial charge is 0.385 e. The lowest BCUT2D eigenvalue weighted by molar-refractivity contribution is 0.627. The molecule has 146 valence electrons. The number of hydrogen-bond acceptors (Lipinski definition) is 1. The molecule has 4 heteroatoms. The normalized spacial score (nSPS) is 11.0. The van der Waals surface area contributed by atoms with Crippen molar-refractivity contribution in [1.82, 2.24) is 10.3 Å². The molecule has 2 nitrogen and oxygen atoms in total. The van der Waals surface area contributed by atoms with Crippen LogP contribution in [0.3, 0.4) is 0 Å². The summed E-state index contributed by atoms with van der Waals surface area (Å²) in [5, 5.41) is 5.32. The van der Waals surface area contributed by atoms with E-state index in [1.807, 2.05) is 36.5 Å². The number of rotatable bonds is 7. The third kappa shape index (κ3) is 4.69. The van der Waals surface area contributed by atoms with Gasteiger partial charge < -0.3 is 10.3 Å². The van der Waals surface area contributed by atoms with E-state index in [9.17, 15) is 4.39 Å². The van der Waals surface area contributed by atoms with Gasteiger partial charge in [-0.1, -0.05) is 54.6 Å². The van der Waals surface area contributed by atoms with Gasteiger partial charge in [0.1, 0.15) is 5.82 Å². The van der Waals surface area contributed by atoms with Crippen molar-refractivity contribution in [3.63, 3.8) is 0 Å². The molecule has 3 aromatic carbocycles. The molecule has 0 bridgehead atoms. The van der Waals surface area contributed by atoms with Crippen LogP contribution in [0.1, 0.15) is 22.3 Å². The number of H-pyrrole nitrogens is 1. The summed E-state index contributed by atoms with van der Waals surface area (Å²) in [7, 11) is 0. The Morgan fingerprint density at radius 2 is 1.66 bits per heavy atom. The zero-order chi connectivity index (χ0) is 20.2. The predicted molar refractivity (Wildman–Crippen MR) is 120 cm³/mol. The molecule has 0 aliphatic carbocycles. The number of aromatic amines is 1. The van der Waals surface area contributed by atoms with Gasteiger partial charge in [-0.15, -0.1) is 0 Å². The molecule has 29 heavy (non-hydrogen) atoms. The molecular weight excluding hydrogens is 383 g/mol. The van der Waals surface area contributed by atoms with Crippen LogP contribution in [-0.2, 0) is 12.8 Å². The molecule has 0 spiro atoms. The van der Waals surface area contributed by atoms with Crippen molar-refractivity contribution in [3.8, 4) is 0 Å². The van der Waals surface area contributed by atoms with Crippen molar-refractivity contribution in [1.29, 1.82) is 0 Å². The van der Waals surface area contributed by atoms with E-state index in [1.54, 1.807) is 0 Å². The van der Waals surface area contributed by atoms with E-state index in [0.29, 0.717) is 0 Å². The van der Waals surface area contributed by atoms with Crippen molar-refractivity contribution < 1.29 is 4.39 Å². The Morgan fingerprint density at radius 1 is 0.966 bits per heavy atom. The van der Waals surface area contributed by atoms with Gasteiger partial charge in [-0.25, -0.2) is 4.39 Å². The predicted octanol–water partition coefficient (Wildman–Crippen LogP) is 6.35. The number of aromatic nitrogens is 1. The van der Waals surface area contributed by atoms with Crippen molar-refractivity contribution in [2.24, 2.45) is 0 Å². The fourth-order valence-corrected chi connectivity index (χ4v) is 3.64. The summed E-state index contributed by atoms with van der Waals surface area (Å²) < 4.78 is 13.0. The minimum Gasteiger partial charge on any atom is -0.385 e. The van der Waals surface area contributed by atoms with Crippen LogP contribution in [0.2, 0.25) is 5.02 Å². The SMILES string of the molecule is C=C(NCCc1c[nH]c2ccc(Cl)cc12)c1ccc(Cc2ccc(F)cc2)cc1. The van der Waals surface area contributed by atoms with Crippen molar-refractivity contribution in [3.05, 3.63) is 113 Å². The standard InChI is InChI=1S/C25H22ClFN2/c1-17(28-13-12-21-16-29-25-11-8-22(26)15-24(21)25)20-6-2-18(3-7-20)14-19-4-9-23(27)10-5-19/h2-11,15-16,28-29H,1,12-14H2. The van der Waals surface area contributed by atoms with Crippen LogP contribution in [-0.4, -0.2) is 11.5 Å². The fourth-order valence-electron chi connectivity index (χ4n) is 3.47. The molecule has 0 aliphatic heterocycles. The summed E-state index contributed by atoms with van der Waals surface area (Å²) in [4.78, 5) is 3.28. The minimum absolute atomic E-state index is 0.206. The van der Waals surface area contributed by atoms with Crippen molar-refractivity contribution in [2.45, 2.75) is 12.8 Å². The molecule has 4 aromatic rings. The molecule has 1 aromatic heterocycles. The van der Waals surface area contributed by atoms with Crippen LogP contribution in [0.25, 0.3) is 16.6 Å². The lowest BCUT2D eigenvalue weighted by Crippen LogP contribution is -2.15. The van der Waals surface area contributed by atoms with Crippen LogP contribution >= 0.6 is 11.6 Å². The molecule has 0 radical (unpaired) electrons. The Labute approximate surface area is 175 Å². The summed E-state index contributed by atoms with van der Waals surface area (Å²) in [5.41, 5.74) is 6.57. The third-order valence-electron chi connectivity index (χ3n) is 5.09. The van der Waals surface area contributed by atoms with E-state index in [-0.39, 0.29) is 5.82 Å². The number of halogens is 2. The molecule has 4 rings (SSSR count). The summed E-state index contributed by atoms with van der Waals surface area (Å²) in [6.07, 6.45) is 3.70. The molecule has 0 saturated carbocycles. The van der Waals surface area contributed by atoms with E-state index in [0.717, 1.165) is 52.1 Å². The summed E-state index contributed by atoms with van der Waals surface area (Å²) in [6, 6.07) is 20.8. The maximum Gasteiger partial charge on any atom is 0.123 e. The Kier molecular flexibility index (Phi) is 5.68. The highest BCUT2D eigenvalue weighted by Gasteiger charge is 2.05. The van der Waals surface area contributed by atoms with Gasteiger partial charge in [-0.2, -0.15) is 0 Å². The van der Waals surface area contributed by atoms with Gasteiger partial charge in [0, 0.05) is 34.4 Å². The number of fused-ring (bicyclic) bond motifs is 1. The molecule has 2 N–H and O–H groups in total. The second-order valence-electron chi connectivity index (χ2n) is 7.16. The Hall–Kier alpha value is -3.04. The number of nitrogens with one attached hydrogen (secondary N) is 2. The molecule has 0 unspecified atom stereocenters. The fraction of sp³-hybridized carbons (Fsp3) is 0.120. The van der Waals surface area contributed by atoms with Gasteiger partial charge in [0.05, 0.1) is 0 Å². The second kappa shape index (κ2) is 8.54. The van der Waals surface area contributed by atoms with Gasteiger partial charge in [0.15, 0.2) is 0 Å². The van der Waals surface area contributed by atoms with E-state index >= 15 is 0 Å². The van der Waals surface area contributed by atoms with Crippen LogP contribution in [0, 0.1) is 5.82 Å². The maximum atomic E-state index is 13.0. The Balaban J connectivity index is 1.33. The lowest BCUT2D eigenvalue weighted by Gasteiger charge is -2.11. The second-order valence-corrected chi connectivity index (χ2v) is 7.60.